The van der Waals surface area contributed by atoms with E-state index in [2.05, 4.69) is 9.97 Å². The number of rotatable bonds is 1. The lowest BCUT2D eigenvalue weighted by Gasteiger charge is -2.18. The van der Waals surface area contributed by atoms with Crippen LogP contribution in [0.25, 0.3) is 0 Å². The van der Waals surface area contributed by atoms with Crippen molar-refractivity contribution in [1.29, 1.82) is 0 Å². The van der Waals surface area contributed by atoms with E-state index in [1.165, 1.54) is 0 Å². The maximum atomic E-state index is 11.6. The molecular formula is C10H10N2O4. The summed E-state index contributed by atoms with van der Waals surface area (Å²) >= 11 is 0. The molecule has 6 heteroatoms. The number of H-pyrrole nitrogens is 1. The number of nitrogens with zero attached hydrogens (tertiary/aromatic N) is 1. The first-order chi connectivity index (χ1) is 7.49. The van der Waals surface area contributed by atoms with Crippen molar-refractivity contribution < 1.29 is 14.7 Å². The first-order valence-electron chi connectivity index (χ1n) is 4.88. The third-order valence-corrected chi connectivity index (χ3v) is 2.54. The number of carbonyl (C=O) groups excluding carboxylic acids is 1. The number of aromatic nitrogens is 2. The van der Waals surface area contributed by atoms with Gasteiger partial charge in [-0.2, -0.15) is 0 Å². The predicted molar refractivity (Wildman–Crippen MR) is 53.6 cm³/mol. The van der Waals surface area contributed by atoms with E-state index in [1.54, 1.807) is 0 Å². The molecule has 1 aromatic rings. The number of carbonyl (C=O) groups is 2. The molecule has 0 aliphatic heterocycles. The second kappa shape index (κ2) is 3.55. The Bertz CT molecular complexity index is 532. The number of aromatic carboxylic acids is 1. The summed E-state index contributed by atoms with van der Waals surface area (Å²) in [5.41, 5.74) is -0.844. The van der Waals surface area contributed by atoms with Crippen LogP contribution in [0, 0.1) is 5.92 Å². The Kier molecular flexibility index (Phi) is 2.34. The molecule has 0 bridgehead atoms. The maximum Gasteiger partial charge on any atom is 0.360 e. The quantitative estimate of drug-likeness (QED) is 0.708. The fourth-order valence-electron chi connectivity index (χ4n) is 1.84. The monoisotopic (exact) mass is 222 g/mol. The van der Waals surface area contributed by atoms with Gasteiger partial charge in [0.25, 0.3) is 5.56 Å². The Morgan fingerprint density at radius 3 is 2.75 bits per heavy atom. The van der Waals surface area contributed by atoms with Crippen LogP contribution in [0.5, 0.6) is 0 Å². The van der Waals surface area contributed by atoms with Crippen molar-refractivity contribution in [2.75, 3.05) is 0 Å². The van der Waals surface area contributed by atoms with E-state index < -0.39 is 17.2 Å². The van der Waals surface area contributed by atoms with E-state index in [1.807, 2.05) is 6.92 Å². The molecular weight excluding hydrogens is 212 g/mol. The molecule has 1 unspecified atom stereocenters. The Morgan fingerprint density at radius 1 is 1.44 bits per heavy atom. The van der Waals surface area contributed by atoms with Crippen LogP contribution in [-0.4, -0.2) is 26.8 Å². The van der Waals surface area contributed by atoms with Crippen LogP contribution in [0.1, 0.15) is 40.0 Å². The smallest absolute Gasteiger partial charge is 0.360 e. The summed E-state index contributed by atoms with van der Waals surface area (Å²) in [5.74, 6) is -1.49. The number of hydrogen-bond acceptors (Lipinski definition) is 4. The van der Waals surface area contributed by atoms with E-state index in [9.17, 15) is 14.4 Å². The number of carboxylic acid groups (broad SMARTS) is 1. The fraction of sp³-hybridized carbons (Fsp3) is 0.400. The molecule has 0 spiro atoms. The molecule has 0 amide bonds. The number of fused-ring (bicyclic) bond motifs is 1. The van der Waals surface area contributed by atoms with Gasteiger partial charge in [0.15, 0.2) is 5.78 Å². The van der Waals surface area contributed by atoms with Crippen LogP contribution in [0.3, 0.4) is 0 Å². The molecule has 1 aromatic heterocycles. The summed E-state index contributed by atoms with van der Waals surface area (Å²) in [4.78, 5) is 39.7. The molecule has 0 fully saturated rings. The van der Waals surface area contributed by atoms with Crippen molar-refractivity contribution in [3.63, 3.8) is 0 Å². The third-order valence-electron chi connectivity index (χ3n) is 2.54. The Labute approximate surface area is 90.3 Å². The lowest BCUT2D eigenvalue weighted by Crippen LogP contribution is -2.29. The first kappa shape index (κ1) is 10.5. The zero-order valence-corrected chi connectivity index (χ0v) is 8.61. The minimum absolute atomic E-state index is 0.0927. The molecule has 0 radical (unpaired) electrons. The molecule has 1 heterocycles. The van der Waals surface area contributed by atoms with Gasteiger partial charge < -0.3 is 10.1 Å². The van der Waals surface area contributed by atoms with E-state index >= 15 is 0 Å². The predicted octanol–water partition coefficient (Wildman–Crippen LogP) is 0.233. The second-order valence-electron chi connectivity index (χ2n) is 3.98. The molecule has 0 saturated carbocycles. The largest absolute Gasteiger partial charge is 0.476 e. The zero-order chi connectivity index (χ0) is 11.9. The standard InChI is InChI=1S/C10H10N2O4/c1-4-2-5-7(6(13)3-4)12-8(10(15)16)9(14)11-5/h4H,2-3H2,1H3,(H,11,14)(H,15,16). The zero-order valence-electron chi connectivity index (χ0n) is 8.61. The average molecular weight is 222 g/mol. The minimum Gasteiger partial charge on any atom is -0.476 e. The Morgan fingerprint density at radius 2 is 2.12 bits per heavy atom. The summed E-state index contributed by atoms with van der Waals surface area (Å²) in [6.07, 6.45) is 0.883. The normalized spacial score (nSPS) is 19.3. The molecule has 1 aliphatic carbocycles. The van der Waals surface area contributed by atoms with Gasteiger partial charge in [-0.1, -0.05) is 6.92 Å². The summed E-state index contributed by atoms with van der Waals surface area (Å²) in [7, 11) is 0. The summed E-state index contributed by atoms with van der Waals surface area (Å²) in [6.45, 7) is 1.89. The highest BCUT2D eigenvalue weighted by Gasteiger charge is 2.26. The van der Waals surface area contributed by atoms with Gasteiger partial charge in [-0.15, -0.1) is 0 Å². The average Bonchev–Trinajstić information content (AvgIpc) is 2.15. The van der Waals surface area contributed by atoms with Gasteiger partial charge in [0.05, 0.1) is 0 Å². The van der Waals surface area contributed by atoms with Gasteiger partial charge in [0.2, 0.25) is 5.69 Å². The number of hydrogen-bond donors (Lipinski definition) is 2. The van der Waals surface area contributed by atoms with Crippen LogP contribution >= 0.6 is 0 Å². The molecule has 16 heavy (non-hydrogen) atoms. The molecule has 6 nitrogen and oxygen atoms in total. The van der Waals surface area contributed by atoms with Crippen molar-refractivity contribution >= 4 is 11.8 Å². The summed E-state index contributed by atoms with van der Waals surface area (Å²) in [5, 5.41) is 8.71. The fourth-order valence-corrected chi connectivity index (χ4v) is 1.84. The lowest BCUT2D eigenvalue weighted by atomic mass is 9.90. The van der Waals surface area contributed by atoms with Gasteiger partial charge in [-0.25, -0.2) is 9.78 Å². The van der Waals surface area contributed by atoms with Crippen molar-refractivity contribution in [3.8, 4) is 0 Å². The Hall–Kier alpha value is -1.98. The molecule has 0 saturated heterocycles. The van der Waals surface area contributed by atoms with Crippen LogP contribution in [-0.2, 0) is 6.42 Å². The van der Waals surface area contributed by atoms with Crippen LogP contribution in [0.2, 0.25) is 0 Å². The highest BCUT2D eigenvalue weighted by atomic mass is 16.4. The van der Waals surface area contributed by atoms with Crippen molar-refractivity contribution in [1.82, 2.24) is 9.97 Å². The van der Waals surface area contributed by atoms with E-state index in [4.69, 9.17) is 5.11 Å². The van der Waals surface area contributed by atoms with Crippen molar-refractivity contribution in [3.05, 3.63) is 27.4 Å². The summed E-state index contributed by atoms with van der Waals surface area (Å²) < 4.78 is 0. The summed E-state index contributed by atoms with van der Waals surface area (Å²) in [6, 6.07) is 0. The minimum atomic E-state index is -1.42. The van der Waals surface area contributed by atoms with Gasteiger partial charge in [-0.3, -0.25) is 9.59 Å². The third kappa shape index (κ3) is 1.62. The van der Waals surface area contributed by atoms with E-state index in [0.717, 1.165) is 0 Å². The van der Waals surface area contributed by atoms with Crippen molar-refractivity contribution in [2.24, 2.45) is 5.92 Å². The molecule has 1 atom stereocenters. The number of Topliss-reactive ketones (excluding diaryl/α,β-unsaturated/α-hetero) is 1. The number of nitrogens with one attached hydrogen (secondary N) is 1. The van der Waals surface area contributed by atoms with Gasteiger partial charge in [0.1, 0.15) is 5.69 Å². The number of carboxylic acids is 1. The number of aromatic amines is 1. The molecule has 84 valence electrons. The molecule has 1 aliphatic rings. The van der Waals surface area contributed by atoms with Crippen LogP contribution in [0.15, 0.2) is 4.79 Å². The number of ketones is 1. The van der Waals surface area contributed by atoms with Gasteiger partial charge in [-0.05, 0) is 12.3 Å². The first-order valence-corrected chi connectivity index (χ1v) is 4.88. The molecule has 2 N–H and O–H groups in total. The Balaban J connectivity index is 2.62. The maximum absolute atomic E-state index is 11.6. The highest BCUT2D eigenvalue weighted by molar-refractivity contribution is 5.97. The van der Waals surface area contributed by atoms with Gasteiger partial charge >= 0.3 is 5.97 Å². The van der Waals surface area contributed by atoms with Gasteiger partial charge in [0, 0.05) is 12.1 Å². The van der Waals surface area contributed by atoms with Crippen LogP contribution in [0.4, 0.5) is 0 Å². The van der Waals surface area contributed by atoms with E-state index in [0.29, 0.717) is 18.5 Å². The molecule has 2 rings (SSSR count). The van der Waals surface area contributed by atoms with Crippen molar-refractivity contribution in [2.45, 2.75) is 19.8 Å². The second-order valence-corrected chi connectivity index (χ2v) is 3.98. The van der Waals surface area contributed by atoms with E-state index in [-0.39, 0.29) is 17.4 Å². The van der Waals surface area contributed by atoms with Crippen LogP contribution < -0.4 is 5.56 Å². The molecule has 0 aromatic carbocycles. The highest BCUT2D eigenvalue weighted by Crippen LogP contribution is 2.21. The topological polar surface area (TPSA) is 100 Å². The SMILES string of the molecule is CC1CC(=O)c2nc(C(=O)O)c(=O)[nH]c2C1. The lowest BCUT2D eigenvalue weighted by molar-refractivity contribution is 0.0688.